The van der Waals surface area contributed by atoms with Gasteiger partial charge in [0, 0.05) is 38.4 Å². The van der Waals surface area contributed by atoms with Gasteiger partial charge in [-0.1, -0.05) is 6.92 Å². The van der Waals surface area contributed by atoms with Crippen LogP contribution in [-0.2, 0) is 11.3 Å². The van der Waals surface area contributed by atoms with Crippen LogP contribution < -0.4 is 10.6 Å². The Morgan fingerprint density at radius 2 is 2.29 bits per heavy atom. The molecule has 2 N–H and O–H groups in total. The van der Waals surface area contributed by atoms with Crippen molar-refractivity contribution in [2.45, 2.75) is 39.3 Å². The van der Waals surface area contributed by atoms with E-state index < -0.39 is 0 Å². The number of nitrogens with zero attached hydrogens (tertiary/aromatic N) is 1. The van der Waals surface area contributed by atoms with Crippen LogP contribution in [0.4, 0.5) is 0 Å². The van der Waals surface area contributed by atoms with E-state index in [-0.39, 0.29) is 5.91 Å². The second kappa shape index (κ2) is 7.12. The molecule has 17 heavy (non-hydrogen) atoms. The van der Waals surface area contributed by atoms with Crippen molar-refractivity contribution in [1.29, 1.82) is 0 Å². The molecular weight excluding hydrogens is 214 g/mol. The number of nitrogens with one attached hydrogen (secondary N) is 2. The highest BCUT2D eigenvalue weighted by Crippen LogP contribution is 2.12. The van der Waals surface area contributed by atoms with Gasteiger partial charge in [0.2, 0.25) is 5.91 Å². The molecular formula is C13H23N3O. The second-order valence-electron chi connectivity index (χ2n) is 4.28. The fourth-order valence-electron chi connectivity index (χ4n) is 1.69. The van der Waals surface area contributed by atoms with E-state index in [9.17, 15) is 4.79 Å². The predicted molar refractivity (Wildman–Crippen MR) is 69.8 cm³/mol. The summed E-state index contributed by atoms with van der Waals surface area (Å²) in [6.45, 7) is 6.09. The van der Waals surface area contributed by atoms with Crippen molar-refractivity contribution in [2.75, 3.05) is 13.6 Å². The van der Waals surface area contributed by atoms with E-state index in [1.165, 1.54) is 5.56 Å². The normalized spacial score (nSPS) is 12.4. The molecule has 0 spiro atoms. The number of hydrogen-bond donors (Lipinski definition) is 2. The summed E-state index contributed by atoms with van der Waals surface area (Å²) in [4.78, 5) is 11.1. The molecule has 0 aliphatic rings. The Balaban J connectivity index is 2.44. The number of aryl methyl sites for hydroxylation is 1. The van der Waals surface area contributed by atoms with E-state index >= 15 is 0 Å². The highest BCUT2D eigenvalue weighted by molar-refractivity contribution is 5.75. The first-order valence-electron chi connectivity index (χ1n) is 6.27. The summed E-state index contributed by atoms with van der Waals surface area (Å²) in [6, 6.07) is 2.48. The minimum atomic E-state index is 0.0809. The summed E-state index contributed by atoms with van der Waals surface area (Å²) >= 11 is 0. The monoisotopic (exact) mass is 237 g/mol. The average Bonchev–Trinajstić information content (AvgIpc) is 2.81. The van der Waals surface area contributed by atoms with Gasteiger partial charge in [-0.15, -0.1) is 0 Å². The van der Waals surface area contributed by atoms with Crippen LogP contribution in [0.5, 0.6) is 0 Å². The summed E-state index contributed by atoms with van der Waals surface area (Å²) in [5, 5.41) is 6.07. The minimum Gasteiger partial charge on any atom is -0.359 e. The second-order valence-corrected chi connectivity index (χ2v) is 4.28. The zero-order valence-electron chi connectivity index (χ0n) is 11.0. The highest BCUT2D eigenvalue weighted by Gasteiger charge is 2.06. The van der Waals surface area contributed by atoms with Crippen molar-refractivity contribution in [3.63, 3.8) is 0 Å². The van der Waals surface area contributed by atoms with Gasteiger partial charge in [0.05, 0.1) is 0 Å². The first-order valence-corrected chi connectivity index (χ1v) is 6.27. The standard InChI is InChI=1S/C13H23N3O/c1-4-7-15-11(2)12-5-8-16(10-12)9-6-13(17)14-3/h5,8,10-11,15H,4,6-7,9H2,1-3H3,(H,14,17). The lowest BCUT2D eigenvalue weighted by Crippen LogP contribution is -2.19. The molecule has 0 fully saturated rings. The van der Waals surface area contributed by atoms with Gasteiger partial charge in [0.1, 0.15) is 0 Å². The topological polar surface area (TPSA) is 46.1 Å². The molecule has 1 rings (SSSR count). The van der Waals surface area contributed by atoms with E-state index in [0.29, 0.717) is 12.5 Å². The Bertz CT molecular complexity index is 346. The van der Waals surface area contributed by atoms with Crippen molar-refractivity contribution in [3.05, 3.63) is 24.0 Å². The molecule has 1 aromatic heterocycles. The first-order chi connectivity index (χ1) is 8.17. The molecule has 0 aliphatic heterocycles. The third-order valence-electron chi connectivity index (χ3n) is 2.85. The van der Waals surface area contributed by atoms with Crippen LogP contribution in [0.25, 0.3) is 0 Å². The molecule has 1 aromatic rings. The van der Waals surface area contributed by atoms with Crippen LogP contribution in [-0.4, -0.2) is 24.1 Å². The lowest BCUT2D eigenvalue weighted by Gasteiger charge is -2.11. The quantitative estimate of drug-likeness (QED) is 0.758. The third-order valence-corrected chi connectivity index (χ3v) is 2.85. The van der Waals surface area contributed by atoms with Crippen LogP contribution in [0.2, 0.25) is 0 Å². The van der Waals surface area contributed by atoms with Gasteiger partial charge in [-0.3, -0.25) is 4.79 Å². The fourth-order valence-corrected chi connectivity index (χ4v) is 1.69. The van der Waals surface area contributed by atoms with Gasteiger partial charge >= 0.3 is 0 Å². The number of carbonyl (C=O) groups excluding carboxylic acids is 1. The zero-order valence-corrected chi connectivity index (χ0v) is 11.0. The van der Waals surface area contributed by atoms with Crippen LogP contribution in [0.1, 0.15) is 38.3 Å². The van der Waals surface area contributed by atoms with Crippen LogP contribution >= 0.6 is 0 Å². The summed E-state index contributed by atoms with van der Waals surface area (Å²) < 4.78 is 2.06. The van der Waals surface area contributed by atoms with Gasteiger partial charge in [-0.2, -0.15) is 0 Å². The molecule has 1 unspecified atom stereocenters. The highest BCUT2D eigenvalue weighted by atomic mass is 16.1. The molecule has 0 radical (unpaired) electrons. The minimum absolute atomic E-state index is 0.0809. The van der Waals surface area contributed by atoms with E-state index in [0.717, 1.165) is 19.5 Å². The van der Waals surface area contributed by atoms with Crippen LogP contribution in [0, 0.1) is 0 Å². The molecule has 4 heteroatoms. The molecule has 1 heterocycles. The van der Waals surface area contributed by atoms with E-state index in [4.69, 9.17) is 0 Å². The van der Waals surface area contributed by atoms with E-state index in [1.54, 1.807) is 7.05 Å². The van der Waals surface area contributed by atoms with E-state index in [1.807, 2.05) is 6.20 Å². The van der Waals surface area contributed by atoms with Crippen molar-refractivity contribution in [1.82, 2.24) is 15.2 Å². The number of aromatic nitrogens is 1. The van der Waals surface area contributed by atoms with Gasteiger partial charge in [-0.05, 0) is 31.5 Å². The van der Waals surface area contributed by atoms with Gasteiger partial charge in [0.25, 0.3) is 0 Å². The van der Waals surface area contributed by atoms with Crippen molar-refractivity contribution < 1.29 is 4.79 Å². The smallest absolute Gasteiger partial charge is 0.221 e. The average molecular weight is 237 g/mol. The number of amides is 1. The molecule has 96 valence electrons. The van der Waals surface area contributed by atoms with Crippen molar-refractivity contribution in [2.24, 2.45) is 0 Å². The summed E-state index contributed by atoms with van der Waals surface area (Å²) in [5.74, 6) is 0.0809. The summed E-state index contributed by atoms with van der Waals surface area (Å²) in [5.41, 5.74) is 1.27. The van der Waals surface area contributed by atoms with Gasteiger partial charge in [-0.25, -0.2) is 0 Å². The van der Waals surface area contributed by atoms with Crippen molar-refractivity contribution >= 4 is 5.91 Å². The number of carbonyl (C=O) groups is 1. The Kier molecular flexibility index (Phi) is 5.77. The molecule has 0 bridgehead atoms. The van der Waals surface area contributed by atoms with Crippen LogP contribution in [0.15, 0.2) is 18.5 Å². The Hall–Kier alpha value is -1.29. The van der Waals surface area contributed by atoms with Gasteiger partial charge in [0.15, 0.2) is 0 Å². The molecule has 1 amide bonds. The largest absolute Gasteiger partial charge is 0.359 e. The fraction of sp³-hybridized carbons (Fsp3) is 0.615. The molecule has 0 saturated heterocycles. The Labute approximate surface area is 103 Å². The SMILES string of the molecule is CCCNC(C)c1ccn(CCC(=O)NC)c1. The number of rotatable bonds is 7. The predicted octanol–water partition coefficient (Wildman–Crippen LogP) is 1.68. The van der Waals surface area contributed by atoms with Crippen LogP contribution in [0.3, 0.4) is 0 Å². The van der Waals surface area contributed by atoms with E-state index in [2.05, 4.69) is 41.3 Å². The molecule has 4 nitrogen and oxygen atoms in total. The maximum Gasteiger partial charge on any atom is 0.221 e. The zero-order chi connectivity index (χ0) is 12.7. The maximum atomic E-state index is 11.1. The Morgan fingerprint density at radius 3 is 2.94 bits per heavy atom. The molecule has 0 aromatic carbocycles. The maximum absolute atomic E-state index is 11.1. The van der Waals surface area contributed by atoms with Gasteiger partial charge < -0.3 is 15.2 Å². The third kappa shape index (κ3) is 4.61. The Morgan fingerprint density at radius 1 is 1.53 bits per heavy atom. The van der Waals surface area contributed by atoms with Crippen molar-refractivity contribution in [3.8, 4) is 0 Å². The lowest BCUT2D eigenvalue weighted by molar-refractivity contribution is -0.120. The lowest BCUT2D eigenvalue weighted by atomic mass is 10.2. The molecule has 0 aliphatic carbocycles. The molecule has 0 saturated carbocycles. The summed E-state index contributed by atoms with van der Waals surface area (Å²) in [7, 11) is 1.67. The molecule has 1 atom stereocenters. The number of hydrogen-bond acceptors (Lipinski definition) is 2. The first kappa shape index (κ1) is 13.8. The summed E-state index contributed by atoms with van der Waals surface area (Å²) in [6.07, 6.45) is 5.81.